The Morgan fingerprint density at radius 1 is 0.438 bits per heavy atom. The molecule has 3 unspecified atom stereocenters. The van der Waals surface area contributed by atoms with Crippen LogP contribution in [0.1, 0.15) is 348 Å². The van der Waals surface area contributed by atoms with Gasteiger partial charge in [-0.3, -0.25) is 9.36 Å². The largest absolute Gasteiger partial charge is 0.756 e. The Kier molecular flexibility index (Phi) is 60.8. The molecule has 0 aromatic carbocycles. The fourth-order valence-corrected chi connectivity index (χ4v) is 11.3. The molecule has 0 radical (unpaired) electrons. The molecule has 0 saturated carbocycles. The first-order valence-electron chi connectivity index (χ1n) is 35.0. The summed E-state index contributed by atoms with van der Waals surface area (Å²) in [6.07, 6.45) is 83.8. The second kappa shape index (κ2) is 62.0. The maximum atomic E-state index is 13.0. The van der Waals surface area contributed by atoms with E-state index in [-0.39, 0.29) is 19.1 Å². The second-order valence-electron chi connectivity index (χ2n) is 25.2. The van der Waals surface area contributed by atoms with Crippen LogP contribution in [0.4, 0.5) is 0 Å². The molecule has 0 spiro atoms. The monoisotopic (exact) mass is 1150 g/mol. The van der Waals surface area contributed by atoms with Crippen LogP contribution in [0, 0.1) is 0 Å². The number of nitrogens with zero attached hydrogens (tertiary/aromatic N) is 1. The van der Waals surface area contributed by atoms with Crippen molar-refractivity contribution in [1.82, 2.24) is 5.32 Å². The van der Waals surface area contributed by atoms with E-state index in [1.54, 1.807) is 6.08 Å². The molecule has 2 N–H and O–H groups in total. The van der Waals surface area contributed by atoms with E-state index in [1.165, 1.54) is 276 Å². The van der Waals surface area contributed by atoms with E-state index < -0.39 is 20.0 Å². The number of likely N-dealkylation sites (N-methyl/N-ethyl adjacent to an activating group) is 1. The summed E-state index contributed by atoms with van der Waals surface area (Å²) in [5, 5.41) is 13.9. The summed E-state index contributed by atoms with van der Waals surface area (Å²) in [6.45, 7) is 4.68. The van der Waals surface area contributed by atoms with Crippen molar-refractivity contribution >= 4 is 13.7 Å². The van der Waals surface area contributed by atoms with E-state index in [2.05, 4.69) is 55.6 Å². The number of rotatable bonds is 65. The predicted octanol–water partition coefficient (Wildman–Crippen LogP) is 21.6. The van der Waals surface area contributed by atoms with Crippen LogP contribution in [0.25, 0.3) is 0 Å². The number of allylic oxidation sites excluding steroid dienone is 7. The van der Waals surface area contributed by atoms with Crippen LogP contribution in [-0.4, -0.2) is 68.5 Å². The molecule has 0 bridgehead atoms. The lowest BCUT2D eigenvalue weighted by Crippen LogP contribution is -2.45. The van der Waals surface area contributed by atoms with Gasteiger partial charge in [-0.15, -0.1) is 0 Å². The number of carbonyl (C=O) groups excluding carboxylic acids is 1. The minimum absolute atomic E-state index is 0.000834. The number of phosphoric acid groups is 1. The molecule has 0 aliphatic carbocycles. The first-order chi connectivity index (χ1) is 39.0. The molecule has 0 saturated heterocycles. The lowest BCUT2D eigenvalue weighted by molar-refractivity contribution is -0.870. The number of aliphatic hydroxyl groups is 1. The molecule has 472 valence electrons. The molecule has 0 aliphatic rings. The summed E-state index contributed by atoms with van der Waals surface area (Å²) in [6, 6.07) is -0.886. The van der Waals surface area contributed by atoms with Gasteiger partial charge in [0.1, 0.15) is 13.2 Å². The molecule has 0 heterocycles. The molecule has 0 rings (SSSR count). The van der Waals surface area contributed by atoms with E-state index in [0.29, 0.717) is 17.4 Å². The summed E-state index contributed by atoms with van der Waals surface area (Å²) in [4.78, 5) is 25.6. The Morgan fingerprint density at radius 2 is 0.725 bits per heavy atom. The molecular weight excluding hydrogens is 1010 g/mol. The standard InChI is InChI=1S/C71H137N2O6P/c1-6-8-10-12-14-16-18-20-22-24-26-27-28-29-30-31-32-33-34-35-36-37-38-39-40-41-42-43-44-45-47-49-51-53-55-57-59-61-63-65-71(75)72-69(68-79-80(76,77)78-67-66-73(3,4)5)70(74)64-62-60-58-56-54-52-50-48-46-25-23-21-19-17-15-13-11-9-7-2/h18,20,24,26,28-29,62,64,69-70,74H,6-17,19,21-23,25,27,30-61,63,65-68H2,1-5H3,(H-,72,75,76,77)/b20-18-,26-24-,29-28-,64-62+. The number of hydrogen-bond acceptors (Lipinski definition) is 6. The van der Waals surface area contributed by atoms with Gasteiger partial charge in [0.05, 0.1) is 39.9 Å². The zero-order chi connectivity index (χ0) is 58.4. The lowest BCUT2D eigenvalue weighted by atomic mass is 10.0. The molecular formula is C71H137N2O6P. The Hall–Kier alpha value is -1.54. The number of aliphatic hydroxyl groups excluding tert-OH is 1. The Balaban J connectivity index is 3.94. The summed E-state index contributed by atoms with van der Waals surface area (Å²) >= 11 is 0. The van der Waals surface area contributed by atoms with Crippen LogP contribution in [-0.2, 0) is 18.4 Å². The maximum Gasteiger partial charge on any atom is 0.268 e. The maximum absolute atomic E-state index is 13.0. The quantitative estimate of drug-likeness (QED) is 0.0272. The zero-order valence-electron chi connectivity index (χ0n) is 54.0. The summed E-state index contributed by atoms with van der Waals surface area (Å²) in [5.41, 5.74) is 0. The minimum atomic E-state index is -4.60. The SMILES string of the molecule is CCCCCCC/C=C\C/C=C\C/C=C\CCCCCCCCCCCCCCCCCCCCCCCCCCC(=O)NC(COP(=O)([O-])OCC[N+](C)(C)C)C(O)/C=C/CCCCCCCCCCCCCCCCCCC. The van der Waals surface area contributed by atoms with Gasteiger partial charge in [0.2, 0.25) is 5.91 Å². The van der Waals surface area contributed by atoms with E-state index in [4.69, 9.17) is 9.05 Å². The molecule has 8 nitrogen and oxygen atoms in total. The van der Waals surface area contributed by atoms with Crippen LogP contribution in [0.5, 0.6) is 0 Å². The number of quaternary nitrogens is 1. The van der Waals surface area contributed by atoms with Crippen LogP contribution in [0.15, 0.2) is 48.6 Å². The van der Waals surface area contributed by atoms with Gasteiger partial charge in [0, 0.05) is 6.42 Å². The number of carbonyl (C=O) groups is 1. The van der Waals surface area contributed by atoms with Crippen LogP contribution in [0.2, 0.25) is 0 Å². The van der Waals surface area contributed by atoms with Crippen LogP contribution < -0.4 is 10.2 Å². The van der Waals surface area contributed by atoms with Gasteiger partial charge in [-0.1, -0.05) is 332 Å². The first kappa shape index (κ1) is 78.5. The van der Waals surface area contributed by atoms with E-state index in [9.17, 15) is 19.4 Å². The van der Waals surface area contributed by atoms with Crippen molar-refractivity contribution in [2.24, 2.45) is 0 Å². The van der Waals surface area contributed by atoms with E-state index in [0.717, 1.165) is 51.4 Å². The highest BCUT2D eigenvalue weighted by atomic mass is 31.2. The highest BCUT2D eigenvalue weighted by Crippen LogP contribution is 2.38. The molecule has 0 aromatic rings. The highest BCUT2D eigenvalue weighted by Gasteiger charge is 2.23. The van der Waals surface area contributed by atoms with Gasteiger partial charge in [-0.25, -0.2) is 0 Å². The zero-order valence-corrected chi connectivity index (χ0v) is 54.9. The minimum Gasteiger partial charge on any atom is -0.756 e. The molecule has 0 aromatic heterocycles. The Morgan fingerprint density at radius 3 is 1.05 bits per heavy atom. The van der Waals surface area contributed by atoms with Crippen molar-refractivity contribution in [2.75, 3.05) is 40.9 Å². The molecule has 3 atom stereocenters. The van der Waals surface area contributed by atoms with Gasteiger partial charge in [0.25, 0.3) is 7.82 Å². The number of phosphoric ester groups is 1. The van der Waals surface area contributed by atoms with Crippen molar-refractivity contribution in [3.8, 4) is 0 Å². The van der Waals surface area contributed by atoms with Gasteiger partial charge in [0.15, 0.2) is 0 Å². The normalized spacial score (nSPS) is 13.9. The fourth-order valence-electron chi connectivity index (χ4n) is 10.6. The van der Waals surface area contributed by atoms with Crippen LogP contribution >= 0.6 is 7.82 Å². The Labute approximate surface area is 499 Å². The second-order valence-corrected chi connectivity index (χ2v) is 26.7. The van der Waals surface area contributed by atoms with Crippen LogP contribution in [0.3, 0.4) is 0 Å². The van der Waals surface area contributed by atoms with Gasteiger partial charge in [-0.2, -0.15) is 0 Å². The predicted molar refractivity (Wildman–Crippen MR) is 348 cm³/mol. The number of unbranched alkanes of at least 4 members (excludes halogenated alkanes) is 46. The third kappa shape index (κ3) is 64.0. The van der Waals surface area contributed by atoms with E-state index in [1.807, 2.05) is 27.2 Å². The van der Waals surface area contributed by atoms with Gasteiger partial charge in [-0.05, 0) is 57.8 Å². The molecule has 0 fully saturated rings. The molecule has 9 heteroatoms. The topological polar surface area (TPSA) is 108 Å². The molecule has 1 amide bonds. The molecule has 0 aliphatic heterocycles. The lowest BCUT2D eigenvalue weighted by Gasteiger charge is -2.29. The average Bonchev–Trinajstić information content (AvgIpc) is 3.42. The number of nitrogens with one attached hydrogen (secondary N) is 1. The first-order valence-corrected chi connectivity index (χ1v) is 36.5. The average molecular weight is 1150 g/mol. The summed E-state index contributed by atoms with van der Waals surface area (Å²) in [7, 11) is 1.28. The summed E-state index contributed by atoms with van der Waals surface area (Å²) in [5.74, 6) is -0.191. The van der Waals surface area contributed by atoms with Crippen molar-refractivity contribution in [2.45, 2.75) is 360 Å². The van der Waals surface area contributed by atoms with E-state index >= 15 is 0 Å². The van der Waals surface area contributed by atoms with Crippen molar-refractivity contribution in [1.29, 1.82) is 0 Å². The van der Waals surface area contributed by atoms with Crippen molar-refractivity contribution < 1.29 is 32.9 Å². The smallest absolute Gasteiger partial charge is 0.268 e. The highest BCUT2D eigenvalue weighted by molar-refractivity contribution is 7.45. The third-order valence-electron chi connectivity index (χ3n) is 16.0. The van der Waals surface area contributed by atoms with Crippen molar-refractivity contribution in [3.05, 3.63) is 48.6 Å². The molecule has 80 heavy (non-hydrogen) atoms. The summed E-state index contributed by atoms with van der Waals surface area (Å²) < 4.78 is 23.4. The fraction of sp³-hybridized carbons (Fsp3) is 0.873. The third-order valence-corrected chi connectivity index (χ3v) is 17.0. The van der Waals surface area contributed by atoms with Gasteiger partial charge >= 0.3 is 0 Å². The van der Waals surface area contributed by atoms with Gasteiger partial charge < -0.3 is 28.8 Å². The number of amides is 1. The number of hydrogen-bond donors (Lipinski definition) is 2. The van der Waals surface area contributed by atoms with Crippen molar-refractivity contribution in [3.63, 3.8) is 0 Å². The Bertz CT molecular complexity index is 1440.